The van der Waals surface area contributed by atoms with Gasteiger partial charge in [-0.05, 0) is 144 Å². The van der Waals surface area contributed by atoms with Gasteiger partial charge in [-0.3, -0.25) is 0 Å². The van der Waals surface area contributed by atoms with Crippen molar-refractivity contribution in [2.45, 2.75) is 116 Å². The highest BCUT2D eigenvalue weighted by Gasteiger charge is 2.26. The summed E-state index contributed by atoms with van der Waals surface area (Å²) in [4.78, 5) is 34.3. The van der Waals surface area contributed by atoms with Gasteiger partial charge in [0.1, 0.15) is 23.1 Å². The number of hydrogen-bond donors (Lipinski definition) is 2. The van der Waals surface area contributed by atoms with Crippen molar-refractivity contribution in [3.8, 4) is 11.5 Å². The third-order valence-electron chi connectivity index (χ3n) is 14.1. The summed E-state index contributed by atoms with van der Waals surface area (Å²) in [5.41, 5.74) is 4.09. The van der Waals surface area contributed by atoms with Crippen LogP contribution in [0.1, 0.15) is 103 Å². The molecule has 0 bridgehead atoms. The van der Waals surface area contributed by atoms with Crippen LogP contribution in [-0.2, 0) is 0 Å². The second-order valence-electron chi connectivity index (χ2n) is 20.4. The summed E-state index contributed by atoms with van der Waals surface area (Å²) in [5, 5.41) is 9.68. The number of anilines is 4. The molecule has 4 aliphatic rings. The van der Waals surface area contributed by atoms with Gasteiger partial charge in [-0.2, -0.15) is 9.97 Å². The van der Waals surface area contributed by atoms with Crippen molar-refractivity contribution in [1.82, 2.24) is 39.5 Å². The number of ether oxygens (including phenoxy) is 2. The molecule has 372 valence electrons. The fourth-order valence-corrected chi connectivity index (χ4v) is 9.86. The van der Waals surface area contributed by atoms with E-state index in [1.54, 1.807) is 14.2 Å². The SMILES string of the molecule is COc1cc2c(NC3CCN(C(C)C)CC3)nc(N3CCCC3)nc2cc1/C=C/CCN(C)C.COc1cc2c(NC3CCN(C(C)C)CC3)nc(N3CCCC3)nc2cc1/C=C/CCN(C)C. The van der Waals surface area contributed by atoms with E-state index in [9.17, 15) is 0 Å². The number of benzene rings is 2. The molecule has 6 heterocycles. The van der Waals surface area contributed by atoms with Gasteiger partial charge in [-0.25, -0.2) is 9.97 Å². The molecule has 0 atom stereocenters. The van der Waals surface area contributed by atoms with Gasteiger partial charge in [-0.1, -0.05) is 24.3 Å². The van der Waals surface area contributed by atoms with Crippen LogP contribution in [0.15, 0.2) is 36.4 Å². The second kappa shape index (κ2) is 24.7. The summed E-state index contributed by atoms with van der Waals surface area (Å²) in [6, 6.07) is 10.6. The van der Waals surface area contributed by atoms with E-state index in [-0.39, 0.29) is 0 Å². The molecular formula is C54H84N12O2. The van der Waals surface area contributed by atoms with Gasteiger partial charge in [0.05, 0.1) is 25.3 Å². The zero-order chi connectivity index (χ0) is 48.2. The zero-order valence-corrected chi connectivity index (χ0v) is 43.4. The summed E-state index contributed by atoms with van der Waals surface area (Å²) in [6.45, 7) is 19.8. The Morgan fingerprint density at radius 2 is 0.926 bits per heavy atom. The van der Waals surface area contributed by atoms with Crippen molar-refractivity contribution < 1.29 is 9.47 Å². The Kier molecular flexibility index (Phi) is 18.6. The fraction of sp³-hybridized carbons (Fsp3) is 0.630. The van der Waals surface area contributed by atoms with Crippen LogP contribution in [0, 0.1) is 0 Å². The number of piperidine rings is 2. The lowest BCUT2D eigenvalue weighted by atomic mass is 10.0. The fourth-order valence-electron chi connectivity index (χ4n) is 9.86. The number of aromatic nitrogens is 4. The maximum Gasteiger partial charge on any atom is 0.227 e. The minimum atomic E-state index is 0.427. The molecule has 0 radical (unpaired) electrons. The second-order valence-corrected chi connectivity index (χ2v) is 20.4. The van der Waals surface area contributed by atoms with Gasteiger partial charge in [0, 0.05) is 112 Å². The van der Waals surface area contributed by atoms with Crippen LogP contribution >= 0.6 is 0 Å². The highest BCUT2D eigenvalue weighted by Crippen LogP contribution is 2.35. The van der Waals surface area contributed by atoms with Crippen molar-refractivity contribution in [3.63, 3.8) is 0 Å². The molecule has 4 aromatic rings. The molecule has 8 rings (SSSR count). The minimum absolute atomic E-state index is 0.427. The lowest BCUT2D eigenvalue weighted by Gasteiger charge is -2.35. The standard InChI is InChI=1S/2C27H42N6O/c2*1-20(2)32-16-11-22(12-17-32)28-26-23-19-25(34-5)21(10-6-7-13-31(3)4)18-24(23)29-27(30-26)33-14-8-9-15-33/h2*6,10,18-20,22H,7-9,11-17H2,1-5H3,(H,28,29,30)/b2*10-6+. The summed E-state index contributed by atoms with van der Waals surface area (Å²) < 4.78 is 11.6. The maximum absolute atomic E-state index is 5.78. The number of hydrogen-bond acceptors (Lipinski definition) is 14. The quantitative estimate of drug-likeness (QED) is 0.0990. The summed E-state index contributed by atoms with van der Waals surface area (Å²) in [6.07, 6.45) is 20.1. The maximum atomic E-state index is 5.78. The van der Waals surface area contributed by atoms with Crippen LogP contribution in [0.2, 0.25) is 0 Å². The van der Waals surface area contributed by atoms with E-state index in [2.05, 4.69) is 144 Å². The number of nitrogens with one attached hydrogen (secondary N) is 2. The summed E-state index contributed by atoms with van der Waals surface area (Å²) in [7, 11) is 11.9. The smallest absolute Gasteiger partial charge is 0.227 e. The van der Waals surface area contributed by atoms with E-state index < -0.39 is 0 Å². The van der Waals surface area contributed by atoms with Gasteiger partial charge in [0.2, 0.25) is 11.9 Å². The molecule has 0 saturated carbocycles. The van der Waals surface area contributed by atoms with Gasteiger partial charge < -0.3 is 49.5 Å². The molecular weight excluding hydrogens is 849 g/mol. The minimum Gasteiger partial charge on any atom is -0.496 e. The van der Waals surface area contributed by atoms with Gasteiger partial charge in [0.25, 0.3) is 0 Å². The molecule has 0 aliphatic carbocycles. The van der Waals surface area contributed by atoms with Crippen LogP contribution in [0.5, 0.6) is 11.5 Å². The zero-order valence-electron chi connectivity index (χ0n) is 43.4. The molecule has 4 aliphatic heterocycles. The van der Waals surface area contributed by atoms with Crippen LogP contribution in [0.4, 0.5) is 23.5 Å². The van der Waals surface area contributed by atoms with Crippen molar-refractivity contribution in [2.24, 2.45) is 0 Å². The molecule has 2 aromatic carbocycles. The highest BCUT2D eigenvalue weighted by atomic mass is 16.5. The first-order valence-corrected chi connectivity index (χ1v) is 25.8. The van der Waals surface area contributed by atoms with Crippen LogP contribution in [0.3, 0.4) is 0 Å². The number of rotatable bonds is 18. The monoisotopic (exact) mass is 933 g/mol. The van der Waals surface area contributed by atoms with Crippen molar-refractivity contribution in [2.75, 3.05) is 128 Å². The number of likely N-dealkylation sites (tertiary alicyclic amines) is 2. The summed E-state index contributed by atoms with van der Waals surface area (Å²) >= 11 is 0. The molecule has 4 fully saturated rings. The average Bonchev–Trinajstić information content (AvgIpc) is 4.08. The van der Waals surface area contributed by atoms with Crippen LogP contribution < -0.4 is 29.9 Å². The molecule has 2 N–H and O–H groups in total. The number of fused-ring (bicyclic) bond motifs is 2. The summed E-state index contributed by atoms with van der Waals surface area (Å²) in [5.74, 6) is 5.31. The van der Waals surface area contributed by atoms with Gasteiger partial charge >= 0.3 is 0 Å². The number of methoxy groups -OCH3 is 2. The molecule has 4 saturated heterocycles. The molecule has 0 unspecified atom stereocenters. The first kappa shape index (κ1) is 51.1. The molecule has 68 heavy (non-hydrogen) atoms. The molecule has 0 spiro atoms. The lowest BCUT2D eigenvalue weighted by molar-refractivity contribution is 0.177. The Balaban J connectivity index is 0.000000201. The largest absolute Gasteiger partial charge is 0.496 e. The van der Waals surface area contributed by atoms with E-state index in [4.69, 9.17) is 29.4 Å². The number of nitrogens with zero attached hydrogens (tertiary/aromatic N) is 10. The van der Waals surface area contributed by atoms with Crippen LogP contribution in [0.25, 0.3) is 34.0 Å². The molecule has 0 amide bonds. The normalized spacial score (nSPS) is 18.1. The van der Waals surface area contributed by atoms with Crippen molar-refractivity contribution >= 4 is 57.5 Å². The molecule has 14 nitrogen and oxygen atoms in total. The van der Waals surface area contributed by atoms with E-state index in [0.717, 1.165) is 172 Å². The Morgan fingerprint density at radius 3 is 1.25 bits per heavy atom. The van der Waals surface area contributed by atoms with Gasteiger partial charge in [-0.15, -0.1) is 0 Å². The average molecular weight is 933 g/mol. The first-order valence-electron chi connectivity index (χ1n) is 25.8. The van der Waals surface area contributed by atoms with E-state index in [0.29, 0.717) is 24.2 Å². The third kappa shape index (κ3) is 13.7. The third-order valence-corrected chi connectivity index (χ3v) is 14.1. The van der Waals surface area contributed by atoms with E-state index in [1.165, 1.54) is 25.7 Å². The van der Waals surface area contributed by atoms with Crippen LogP contribution in [-0.4, -0.2) is 172 Å². The van der Waals surface area contributed by atoms with Crippen molar-refractivity contribution in [3.05, 3.63) is 47.5 Å². The predicted octanol–water partition coefficient (Wildman–Crippen LogP) is 8.98. The van der Waals surface area contributed by atoms with Crippen molar-refractivity contribution in [1.29, 1.82) is 0 Å². The molecule has 14 heteroatoms. The Bertz CT molecular complexity index is 2110. The van der Waals surface area contributed by atoms with Gasteiger partial charge in [0.15, 0.2) is 0 Å². The molecule has 2 aromatic heterocycles. The highest BCUT2D eigenvalue weighted by molar-refractivity contribution is 5.94. The topological polar surface area (TPSA) is 114 Å². The lowest BCUT2D eigenvalue weighted by Crippen LogP contribution is -2.42. The predicted molar refractivity (Wildman–Crippen MR) is 286 cm³/mol. The Hall–Kier alpha value is -4.76. The first-order chi connectivity index (χ1) is 32.9. The van der Waals surface area contributed by atoms with E-state index >= 15 is 0 Å². The Labute approximate surface area is 408 Å². The Morgan fingerprint density at radius 1 is 0.559 bits per heavy atom. The van der Waals surface area contributed by atoms with E-state index in [1.807, 2.05) is 0 Å².